The zero-order valence-electron chi connectivity index (χ0n) is 11.1. The standard InChI is InChI=1S/C13H15Cl2N3O2.ClH/c14-10-2-1-9(3-11(10)15)13(20)18-7-12(19)17-6-8-4-16-5-8;/h1-3,8,16H,4-7H2,(H,17,19)(H,18,20);1H. The highest BCUT2D eigenvalue weighted by molar-refractivity contribution is 6.42. The highest BCUT2D eigenvalue weighted by atomic mass is 35.5. The van der Waals surface area contributed by atoms with Crippen LogP contribution >= 0.6 is 35.6 Å². The molecule has 1 aromatic rings. The molecule has 0 aromatic heterocycles. The molecule has 0 aliphatic carbocycles. The molecule has 0 atom stereocenters. The maximum Gasteiger partial charge on any atom is 0.251 e. The van der Waals surface area contributed by atoms with Crippen molar-refractivity contribution in [3.63, 3.8) is 0 Å². The van der Waals surface area contributed by atoms with Gasteiger partial charge in [0.2, 0.25) is 5.91 Å². The molecule has 8 heteroatoms. The SMILES string of the molecule is Cl.O=C(CNC(=O)c1ccc(Cl)c(Cl)c1)NCC1CNC1. The predicted molar refractivity (Wildman–Crippen MR) is 85.4 cm³/mol. The molecule has 1 aliphatic rings. The lowest BCUT2D eigenvalue weighted by molar-refractivity contribution is -0.120. The van der Waals surface area contributed by atoms with Gasteiger partial charge in [-0.3, -0.25) is 9.59 Å². The van der Waals surface area contributed by atoms with E-state index in [-0.39, 0.29) is 30.8 Å². The second kappa shape index (κ2) is 8.44. The summed E-state index contributed by atoms with van der Waals surface area (Å²) in [6, 6.07) is 4.57. The van der Waals surface area contributed by atoms with E-state index in [1.807, 2.05) is 0 Å². The summed E-state index contributed by atoms with van der Waals surface area (Å²) < 4.78 is 0. The van der Waals surface area contributed by atoms with Crippen molar-refractivity contribution in [2.75, 3.05) is 26.2 Å². The summed E-state index contributed by atoms with van der Waals surface area (Å²) in [6.07, 6.45) is 0. The summed E-state index contributed by atoms with van der Waals surface area (Å²) in [7, 11) is 0. The monoisotopic (exact) mass is 351 g/mol. The number of nitrogens with one attached hydrogen (secondary N) is 3. The van der Waals surface area contributed by atoms with Crippen LogP contribution in [-0.2, 0) is 4.79 Å². The van der Waals surface area contributed by atoms with E-state index < -0.39 is 0 Å². The molecule has 5 nitrogen and oxygen atoms in total. The molecular formula is C13H16Cl3N3O2. The van der Waals surface area contributed by atoms with E-state index in [0.29, 0.717) is 28.1 Å². The van der Waals surface area contributed by atoms with Crippen molar-refractivity contribution >= 4 is 47.4 Å². The van der Waals surface area contributed by atoms with Gasteiger partial charge < -0.3 is 16.0 Å². The van der Waals surface area contributed by atoms with Crippen molar-refractivity contribution in [1.29, 1.82) is 0 Å². The topological polar surface area (TPSA) is 70.2 Å². The molecule has 2 rings (SSSR count). The second-order valence-electron chi connectivity index (χ2n) is 4.64. The number of hydrogen-bond acceptors (Lipinski definition) is 3. The summed E-state index contributed by atoms with van der Waals surface area (Å²) in [5.74, 6) is -0.0703. The summed E-state index contributed by atoms with van der Waals surface area (Å²) in [5, 5.41) is 9.12. The molecule has 0 unspecified atom stereocenters. The molecule has 0 bridgehead atoms. The van der Waals surface area contributed by atoms with Crippen LogP contribution in [0, 0.1) is 5.92 Å². The van der Waals surface area contributed by atoms with Crippen LogP contribution in [0.1, 0.15) is 10.4 Å². The first-order valence-electron chi connectivity index (χ1n) is 6.27. The largest absolute Gasteiger partial charge is 0.354 e. The molecule has 1 fully saturated rings. The minimum absolute atomic E-state index is 0. The van der Waals surface area contributed by atoms with Crippen molar-refractivity contribution in [3.8, 4) is 0 Å². The van der Waals surface area contributed by atoms with Crippen molar-refractivity contribution < 1.29 is 9.59 Å². The number of amides is 2. The van der Waals surface area contributed by atoms with Gasteiger partial charge in [-0.05, 0) is 18.2 Å². The Morgan fingerprint density at radius 1 is 1.19 bits per heavy atom. The van der Waals surface area contributed by atoms with Gasteiger partial charge in [0.15, 0.2) is 0 Å². The average Bonchev–Trinajstić information content (AvgIpc) is 2.37. The lowest BCUT2D eigenvalue weighted by Crippen LogP contribution is -2.49. The zero-order chi connectivity index (χ0) is 14.5. The summed E-state index contributed by atoms with van der Waals surface area (Å²) in [5.41, 5.74) is 0.371. The Bertz CT molecular complexity index is 521. The maximum absolute atomic E-state index is 11.8. The molecule has 0 saturated carbocycles. The molecular weight excluding hydrogens is 337 g/mol. The lowest BCUT2D eigenvalue weighted by Gasteiger charge is -2.27. The van der Waals surface area contributed by atoms with Crippen molar-refractivity contribution in [2.45, 2.75) is 0 Å². The third-order valence-corrected chi connectivity index (χ3v) is 3.78. The molecule has 1 aromatic carbocycles. The van der Waals surface area contributed by atoms with Crippen LogP contribution in [0.2, 0.25) is 10.0 Å². The molecule has 116 valence electrons. The Morgan fingerprint density at radius 3 is 2.48 bits per heavy atom. The Morgan fingerprint density at radius 2 is 1.90 bits per heavy atom. The van der Waals surface area contributed by atoms with Gasteiger partial charge in [0.05, 0.1) is 16.6 Å². The van der Waals surface area contributed by atoms with Gasteiger partial charge in [0.25, 0.3) is 5.91 Å². The smallest absolute Gasteiger partial charge is 0.251 e. The molecule has 0 spiro atoms. The first kappa shape index (κ1) is 18.0. The molecule has 1 saturated heterocycles. The molecule has 21 heavy (non-hydrogen) atoms. The van der Waals surface area contributed by atoms with Crippen molar-refractivity contribution in [3.05, 3.63) is 33.8 Å². The zero-order valence-corrected chi connectivity index (χ0v) is 13.4. The summed E-state index contributed by atoms with van der Waals surface area (Å²) in [4.78, 5) is 23.4. The van der Waals surface area contributed by atoms with Crippen LogP contribution in [0.4, 0.5) is 0 Å². The van der Waals surface area contributed by atoms with E-state index in [9.17, 15) is 9.59 Å². The van der Waals surface area contributed by atoms with Crippen LogP contribution in [-0.4, -0.2) is 38.0 Å². The Labute approximate surface area is 139 Å². The van der Waals surface area contributed by atoms with Crippen LogP contribution in [0.15, 0.2) is 18.2 Å². The van der Waals surface area contributed by atoms with Crippen LogP contribution < -0.4 is 16.0 Å². The fourth-order valence-electron chi connectivity index (χ4n) is 1.71. The fraction of sp³-hybridized carbons (Fsp3) is 0.385. The van der Waals surface area contributed by atoms with Gasteiger partial charge in [-0.15, -0.1) is 12.4 Å². The highest BCUT2D eigenvalue weighted by Crippen LogP contribution is 2.22. The summed E-state index contributed by atoms with van der Waals surface area (Å²) in [6.45, 7) is 2.43. The highest BCUT2D eigenvalue weighted by Gasteiger charge is 2.17. The third kappa shape index (κ3) is 5.36. The molecule has 1 aliphatic heterocycles. The van der Waals surface area contributed by atoms with E-state index in [4.69, 9.17) is 23.2 Å². The van der Waals surface area contributed by atoms with Gasteiger partial charge in [0, 0.05) is 31.1 Å². The first-order chi connectivity index (χ1) is 9.56. The third-order valence-electron chi connectivity index (χ3n) is 3.05. The fourth-order valence-corrected chi connectivity index (χ4v) is 2.01. The molecule has 3 N–H and O–H groups in total. The summed E-state index contributed by atoms with van der Waals surface area (Å²) >= 11 is 11.6. The number of halogens is 3. The van der Waals surface area contributed by atoms with Crippen molar-refractivity contribution in [1.82, 2.24) is 16.0 Å². The quantitative estimate of drug-likeness (QED) is 0.752. The van der Waals surface area contributed by atoms with Gasteiger partial charge in [-0.2, -0.15) is 0 Å². The number of rotatable bonds is 5. The number of benzene rings is 1. The Kier molecular flexibility index (Phi) is 7.25. The molecule has 2 amide bonds. The normalized spacial score (nSPS) is 13.8. The van der Waals surface area contributed by atoms with Gasteiger partial charge in [-0.1, -0.05) is 23.2 Å². The minimum atomic E-state index is -0.357. The average molecular weight is 353 g/mol. The van der Waals surface area contributed by atoms with Gasteiger partial charge in [0.1, 0.15) is 0 Å². The van der Waals surface area contributed by atoms with Crippen LogP contribution in [0.3, 0.4) is 0 Å². The first-order valence-corrected chi connectivity index (χ1v) is 7.02. The minimum Gasteiger partial charge on any atom is -0.354 e. The lowest BCUT2D eigenvalue weighted by atomic mass is 10.0. The van der Waals surface area contributed by atoms with E-state index in [2.05, 4.69) is 16.0 Å². The van der Waals surface area contributed by atoms with Crippen molar-refractivity contribution in [2.24, 2.45) is 5.92 Å². The van der Waals surface area contributed by atoms with Crippen LogP contribution in [0.25, 0.3) is 0 Å². The predicted octanol–water partition coefficient (Wildman–Crippen LogP) is 1.48. The number of carbonyl (C=O) groups is 2. The Balaban J connectivity index is 0.00000220. The van der Waals surface area contributed by atoms with E-state index in [1.54, 1.807) is 12.1 Å². The number of hydrogen-bond donors (Lipinski definition) is 3. The molecule has 1 heterocycles. The Hall–Kier alpha value is -1.01. The van der Waals surface area contributed by atoms with Crippen LogP contribution in [0.5, 0.6) is 0 Å². The molecule has 0 radical (unpaired) electrons. The van der Waals surface area contributed by atoms with E-state index in [0.717, 1.165) is 13.1 Å². The maximum atomic E-state index is 11.8. The van der Waals surface area contributed by atoms with Gasteiger partial charge >= 0.3 is 0 Å². The second-order valence-corrected chi connectivity index (χ2v) is 5.45. The number of carbonyl (C=O) groups excluding carboxylic acids is 2. The van der Waals surface area contributed by atoms with E-state index >= 15 is 0 Å². The van der Waals surface area contributed by atoms with E-state index in [1.165, 1.54) is 6.07 Å². The van der Waals surface area contributed by atoms with Gasteiger partial charge in [-0.25, -0.2) is 0 Å².